The maximum absolute atomic E-state index is 13.4. The molecule has 1 saturated heterocycles. The average molecular weight is 533 g/mol. The Labute approximate surface area is 220 Å². The second-order valence-corrected chi connectivity index (χ2v) is 10.0. The third-order valence-corrected chi connectivity index (χ3v) is 7.69. The van der Waals surface area contributed by atoms with E-state index in [1.54, 1.807) is 13.3 Å². The van der Waals surface area contributed by atoms with Gasteiger partial charge >= 0.3 is 0 Å². The lowest BCUT2D eigenvalue weighted by Gasteiger charge is -2.41. The van der Waals surface area contributed by atoms with E-state index in [1.807, 2.05) is 18.2 Å². The monoisotopic (exact) mass is 532 g/mol. The van der Waals surface area contributed by atoms with Gasteiger partial charge in [0.15, 0.2) is 17.5 Å². The number of nitrogens with one attached hydrogen (secondary N) is 1. The number of benzene rings is 2. The van der Waals surface area contributed by atoms with Gasteiger partial charge in [-0.25, -0.2) is 13.2 Å². The number of nitrogens with zero attached hydrogens (tertiary/aromatic N) is 2. The molecule has 3 aromatic rings. The van der Waals surface area contributed by atoms with E-state index in [4.69, 9.17) is 10.5 Å². The summed E-state index contributed by atoms with van der Waals surface area (Å²) in [6.07, 6.45) is 3.55. The molecular weight excluding hydrogens is 497 g/mol. The van der Waals surface area contributed by atoms with Gasteiger partial charge in [-0.3, -0.25) is 4.98 Å². The quantitative estimate of drug-likeness (QED) is 0.276. The Morgan fingerprint density at radius 1 is 1.16 bits per heavy atom. The number of anilines is 1. The van der Waals surface area contributed by atoms with E-state index in [-0.39, 0.29) is 24.3 Å². The number of rotatable bonds is 11. The van der Waals surface area contributed by atoms with Crippen molar-refractivity contribution in [3.63, 3.8) is 0 Å². The van der Waals surface area contributed by atoms with Crippen molar-refractivity contribution in [3.05, 3.63) is 65.1 Å². The third-order valence-electron chi connectivity index (χ3n) is 7.69. The Balaban J connectivity index is 1.34. The van der Waals surface area contributed by atoms with Crippen LogP contribution in [0, 0.1) is 22.9 Å². The van der Waals surface area contributed by atoms with Crippen molar-refractivity contribution in [1.82, 2.24) is 9.88 Å². The van der Waals surface area contributed by atoms with Crippen molar-refractivity contribution < 1.29 is 28.1 Å². The van der Waals surface area contributed by atoms with Crippen LogP contribution in [0.25, 0.3) is 10.9 Å². The van der Waals surface area contributed by atoms with Crippen LogP contribution in [0.1, 0.15) is 42.9 Å². The largest absolute Gasteiger partial charge is 0.497 e. The maximum Gasteiger partial charge on any atom is 0.194 e. The topological polar surface area (TPSA) is 104 Å². The molecule has 0 radical (unpaired) electrons. The van der Waals surface area contributed by atoms with Crippen LogP contribution in [-0.4, -0.2) is 60.0 Å². The second kappa shape index (κ2) is 12.3. The molecule has 1 aliphatic heterocycles. The van der Waals surface area contributed by atoms with Crippen LogP contribution in [0.2, 0.25) is 0 Å². The van der Waals surface area contributed by atoms with E-state index in [0.717, 1.165) is 60.1 Å². The number of nitrogens with two attached hydrogens (primary N) is 1. The molecule has 0 aliphatic carbocycles. The lowest BCUT2D eigenvalue weighted by molar-refractivity contribution is 0.0247. The molecule has 0 bridgehead atoms. The maximum atomic E-state index is 13.4. The van der Waals surface area contributed by atoms with Crippen LogP contribution >= 0.6 is 0 Å². The van der Waals surface area contributed by atoms with Gasteiger partial charge in [0.05, 0.1) is 18.7 Å². The first-order chi connectivity index (χ1) is 18.3. The predicted molar refractivity (Wildman–Crippen MR) is 140 cm³/mol. The zero-order valence-corrected chi connectivity index (χ0v) is 21.5. The van der Waals surface area contributed by atoms with Crippen LogP contribution in [0.4, 0.5) is 18.9 Å². The van der Waals surface area contributed by atoms with E-state index in [0.29, 0.717) is 31.7 Å². The van der Waals surface area contributed by atoms with E-state index >= 15 is 0 Å². The molecule has 0 spiro atoms. The van der Waals surface area contributed by atoms with Crippen LogP contribution in [0.5, 0.6) is 5.75 Å². The number of pyridine rings is 1. The Morgan fingerprint density at radius 2 is 1.87 bits per heavy atom. The van der Waals surface area contributed by atoms with Crippen molar-refractivity contribution in [2.45, 2.75) is 38.3 Å². The minimum absolute atomic E-state index is 0.0224. The summed E-state index contributed by atoms with van der Waals surface area (Å²) in [6, 6.07) is 7.42. The highest BCUT2D eigenvalue weighted by Gasteiger charge is 2.34. The van der Waals surface area contributed by atoms with Gasteiger partial charge in [0, 0.05) is 55.6 Å². The van der Waals surface area contributed by atoms with E-state index in [9.17, 15) is 23.4 Å². The van der Waals surface area contributed by atoms with E-state index < -0.39 is 23.6 Å². The molecule has 1 fully saturated rings. The Kier molecular flexibility index (Phi) is 9.09. The highest BCUT2D eigenvalue weighted by molar-refractivity contribution is 5.85. The van der Waals surface area contributed by atoms with Crippen molar-refractivity contribution in [1.29, 1.82) is 0 Å². The summed E-state index contributed by atoms with van der Waals surface area (Å²) in [7, 11) is 1.59. The van der Waals surface area contributed by atoms with Gasteiger partial charge in [0.1, 0.15) is 5.75 Å². The number of hydrogen-bond donors (Lipinski definition) is 4. The molecule has 0 amide bonds. The number of aliphatic hydroxyl groups excluding tert-OH is 2. The second-order valence-electron chi connectivity index (χ2n) is 10.0. The van der Waals surface area contributed by atoms with E-state index in [2.05, 4.69) is 15.2 Å². The molecule has 10 heteroatoms. The number of aromatic nitrogens is 1. The lowest BCUT2D eigenvalue weighted by Crippen LogP contribution is -2.43. The highest BCUT2D eigenvalue weighted by atomic mass is 19.2. The summed E-state index contributed by atoms with van der Waals surface area (Å²) in [5, 5.41) is 25.3. The number of ether oxygens (including phenoxy) is 1. The van der Waals surface area contributed by atoms with Crippen molar-refractivity contribution in [3.8, 4) is 5.75 Å². The minimum Gasteiger partial charge on any atom is -0.497 e. The number of hydrogen-bond acceptors (Lipinski definition) is 7. The fourth-order valence-electron chi connectivity index (χ4n) is 5.26. The molecule has 4 rings (SSSR count). The molecule has 0 unspecified atom stereocenters. The van der Waals surface area contributed by atoms with Gasteiger partial charge in [-0.2, -0.15) is 0 Å². The summed E-state index contributed by atoms with van der Waals surface area (Å²) in [5.74, 6) is -3.26. The molecule has 1 aliphatic rings. The number of piperidine rings is 1. The summed E-state index contributed by atoms with van der Waals surface area (Å²) in [6.45, 7) is 2.83. The summed E-state index contributed by atoms with van der Waals surface area (Å²) >= 11 is 0. The number of fused-ring (bicyclic) bond motifs is 1. The molecule has 2 aromatic carbocycles. The Bertz CT molecular complexity index is 1220. The standard InChI is InChI=1S/C28H35F3N4O3/c1-38-20-2-3-24-21(14-20)26(18(15-32)16-34-24)25(37)4-5-28(17-36)6-9-35(10-7-28)11-8-33-19-12-22(29)27(31)23(30)13-19/h2-3,12-14,16,25,33,36-37H,4-11,15,17,32H2,1H3/t25-/m0/s1. The Morgan fingerprint density at radius 3 is 2.50 bits per heavy atom. The van der Waals surface area contributed by atoms with Crippen molar-refractivity contribution >= 4 is 16.6 Å². The number of likely N-dealkylation sites (tertiary alicyclic amines) is 1. The Hall–Kier alpha value is -2.92. The smallest absolute Gasteiger partial charge is 0.194 e. The average Bonchev–Trinajstić information content (AvgIpc) is 2.94. The summed E-state index contributed by atoms with van der Waals surface area (Å²) < 4.78 is 45.3. The predicted octanol–water partition coefficient (Wildman–Crippen LogP) is 4.12. The zero-order valence-electron chi connectivity index (χ0n) is 21.5. The summed E-state index contributed by atoms with van der Waals surface area (Å²) in [5.41, 5.74) is 8.13. The molecule has 7 nitrogen and oxygen atoms in total. The fourth-order valence-corrected chi connectivity index (χ4v) is 5.26. The first-order valence-electron chi connectivity index (χ1n) is 12.8. The molecule has 1 atom stereocenters. The van der Waals surface area contributed by atoms with Gasteiger partial charge in [0.2, 0.25) is 0 Å². The molecular formula is C28H35F3N4O3. The number of halogens is 3. The molecule has 206 valence electrons. The molecule has 5 N–H and O–H groups in total. The van der Waals surface area contributed by atoms with Gasteiger partial charge in [0.25, 0.3) is 0 Å². The van der Waals surface area contributed by atoms with Gasteiger partial charge < -0.3 is 30.9 Å². The SMILES string of the molecule is COc1ccc2ncc(CN)c([C@@H](O)CCC3(CO)CCN(CCNc4cc(F)c(F)c(F)c4)CC3)c2c1. The van der Waals surface area contributed by atoms with Crippen molar-refractivity contribution in [2.75, 3.05) is 45.2 Å². The number of methoxy groups -OCH3 is 1. The van der Waals surface area contributed by atoms with Gasteiger partial charge in [-0.15, -0.1) is 0 Å². The normalized spacial score (nSPS) is 16.5. The molecule has 2 heterocycles. The van der Waals surface area contributed by atoms with Crippen LogP contribution in [0.3, 0.4) is 0 Å². The van der Waals surface area contributed by atoms with Crippen LogP contribution in [0.15, 0.2) is 36.5 Å². The first-order valence-corrected chi connectivity index (χ1v) is 12.8. The highest BCUT2D eigenvalue weighted by Crippen LogP contribution is 2.39. The van der Waals surface area contributed by atoms with Crippen LogP contribution < -0.4 is 15.8 Å². The van der Waals surface area contributed by atoms with Gasteiger partial charge in [-0.05, 0) is 73.5 Å². The minimum atomic E-state index is -1.48. The molecule has 38 heavy (non-hydrogen) atoms. The lowest BCUT2D eigenvalue weighted by atomic mass is 9.74. The molecule has 1 aromatic heterocycles. The van der Waals surface area contributed by atoms with Crippen LogP contribution in [-0.2, 0) is 6.54 Å². The van der Waals surface area contributed by atoms with Gasteiger partial charge in [-0.1, -0.05) is 0 Å². The third kappa shape index (κ3) is 6.20. The van der Waals surface area contributed by atoms with Crippen molar-refractivity contribution in [2.24, 2.45) is 11.1 Å². The summed E-state index contributed by atoms with van der Waals surface area (Å²) in [4.78, 5) is 6.67. The zero-order chi connectivity index (χ0) is 27.3. The number of aliphatic hydroxyl groups is 2. The molecule has 0 saturated carbocycles. The fraction of sp³-hybridized carbons (Fsp3) is 0.464. The van der Waals surface area contributed by atoms with E-state index in [1.165, 1.54) is 0 Å². The first kappa shape index (κ1) is 28.1.